The SMILES string of the molecule is O=C1C[C@@H]2[C@H](C1)C2(F)F. The van der Waals surface area contributed by atoms with Gasteiger partial charge in [-0.3, -0.25) is 4.79 Å². The maximum Gasteiger partial charge on any atom is 0.255 e. The molecule has 0 amide bonds. The summed E-state index contributed by atoms with van der Waals surface area (Å²) in [5, 5.41) is 0. The Morgan fingerprint density at radius 3 is 2.11 bits per heavy atom. The summed E-state index contributed by atoms with van der Waals surface area (Å²) in [6, 6.07) is 0. The highest BCUT2D eigenvalue weighted by atomic mass is 19.3. The van der Waals surface area contributed by atoms with Crippen molar-refractivity contribution in [2.45, 2.75) is 18.8 Å². The molecule has 0 spiro atoms. The van der Waals surface area contributed by atoms with E-state index in [4.69, 9.17) is 0 Å². The van der Waals surface area contributed by atoms with Crippen LogP contribution in [0.1, 0.15) is 12.8 Å². The Morgan fingerprint density at radius 2 is 1.78 bits per heavy atom. The van der Waals surface area contributed by atoms with Gasteiger partial charge < -0.3 is 0 Å². The maximum atomic E-state index is 12.3. The average Bonchev–Trinajstić information content (AvgIpc) is 2.27. The van der Waals surface area contributed by atoms with Crippen LogP contribution in [-0.2, 0) is 4.79 Å². The molecular weight excluding hydrogens is 126 g/mol. The fourth-order valence-electron chi connectivity index (χ4n) is 1.59. The number of hydrogen-bond donors (Lipinski definition) is 0. The Morgan fingerprint density at radius 1 is 1.33 bits per heavy atom. The van der Waals surface area contributed by atoms with Crippen molar-refractivity contribution >= 4 is 5.78 Å². The first-order valence-corrected chi connectivity index (χ1v) is 3.02. The zero-order valence-corrected chi connectivity index (χ0v) is 4.73. The molecule has 2 saturated carbocycles. The predicted octanol–water partition coefficient (Wildman–Crippen LogP) is 1.23. The van der Waals surface area contributed by atoms with Crippen molar-refractivity contribution in [1.29, 1.82) is 0 Å². The number of fused-ring (bicyclic) bond motifs is 1. The minimum absolute atomic E-state index is 0.0101. The van der Waals surface area contributed by atoms with Gasteiger partial charge in [-0.05, 0) is 0 Å². The first kappa shape index (κ1) is 5.33. The van der Waals surface area contributed by atoms with Gasteiger partial charge in [-0.2, -0.15) is 0 Å². The van der Waals surface area contributed by atoms with E-state index in [9.17, 15) is 13.6 Å². The summed E-state index contributed by atoms with van der Waals surface area (Å²) in [4.78, 5) is 10.4. The molecule has 1 nitrogen and oxygen atoms in total. The summed E-state index contributed by atoms with van der Waals surface area (Å²) in [7, 11) is 0. The third-order valence-electron chi connectivity index (χ3n) is 2.26. The standard InChI is InChI=1S/C6H6F2O/c7-6(8)4-1-3(9)2-5(4)6/h4-5H,1-2H2/t4-,5+. The van der Waals surface area contributed by atoms with Crippen LogP contribution in [-0.4, -0.2) is 11.7 Å². The molecule has 0 aromatic heterocycles. The fourth-order valence-corrected chi connectivity index (χ4v) is 1.59. The van der Waals surface area contributed by atoms with Crippen LogP contribution in [0.25, 0.3) is 0 Å². The van der Waals surface area contributed by atoms with Gasteiger partial charge in [0, 0.05) is 24.7 Å². The zero-order chi connectivity index (χ0) is 6.65. The average molecular weight is 132 g/mol. The van der Waals surface area contributed by atoms with E-state index in [-0.39, 0.29) is 18.6 Å². The third-order valence-corrected chi connectivity index (χ3v) is 2.26. The van der Waals surface area contributed by atoms with Crippen LogP contribution in [0.2, 0.25) is 0 Å². The van der Waals surface area contributed by atoms with Crippen LogP contribution in [0.15, 0.2) is 0 Å². The van der Waals surface area contributed by atoms with E-state index in [2.05, 4.69) is 0 Å². The van der Waals surface area contributed by atoms with Crippen molar-refractivity contribution < 1.29 is 13.6 Å². The summed E-state index contributed by atoms with van der Waals surface area (Å²) < 4.78 is 24.5. The molecular formula is C6H6F2O. The van der Waals surface area contributed by atoms with Gasteiger partial charge in [-0.25, -0.2) is 8.78 Å². The van der Waals surface area contributed by atoms with Gasteiger partial charge in [-0.15, -0.1) is 0 Å². The van der Waals surface area contributed by atoms with Crippen molar-refractivity contribution in [2.75, 3.05) is 0 Å². The van der Waals surface area contributed by atoms with Gasteiger partial charge in [0.05, 0.1) is 0 Å². The Bertz CT molecular complexity index is 160. The molecule has 2 aliphatic rings. The number of halogens is 2. The molecule has 2 fully saturated rings. The summed E-state index contributed by atoms with van der Waals surface area (Å²) in [6.07, 6.45) is 0.245. The highest BCUT2D eigenvalue weighted by Gasteiger charge is 2.71. The van der Waals surface area contributed by atoms with Crippen LogP contribution in [0.4, 0.5) is 8.78 Å². The van der Waals surface area contributed by atoms with E-state index in [1.54, 1.807) is 0 Å². The summed E-state index contributed by atoms with van der Waals surface area (Å²) in [5.41, 5.74) is 0. The number of alkyl halides is 2. The van der Waals surface area contributed by atoms with Gasteiger partial charge >= 0.3 is 0 Å². The third kappa shape index (κ3) is 0.497. The molecule has 0 heterocycles. The molecule has 0 aliphatic heterocycles. The minimum atomic E-state index is -2.48. The molecule has 2 rings (SSSR count). The summed E-state index contributed by atoms with van der Waals surface area (Å²) in [5.74, 6) is -3.63. The van der Waals surface area contributed by atoms with Crippen molar-refractivity contribution in [3.8, 4) is 0 Å². The maximum absolute atomic E-state index is 12.3. The number of rotatable bonds is 0. The van der Waals surface area contributed by atoms with Gasteiger partial charge in [0.1, 0.15) is 5.78 Å². The molecule has 3 heteroatoms. The monoisotopic (exact) mass is 132 g/mol. The van der Waals surface area contributed by atoms with Crippen LogP contribution in [0.5, 0.6) is 0 Å². The highest BCUT2D eigenvalue weighted by Crippen LogP contribution is 2.62. The Labute approximate surface area is 51.0 Å². The number of carbonyl (C=O) groups excluding carboxylic acids is 1. The highest BCUT2D eigenvalue weighted by molar-refractivity contribution is 5.83. The van der Waals surface area contributed by atoms with E-state index in [1.807, 2.05) is 0 Å². The van der Waals surface area contributed by atoms with E-state index in [1.165, 1.54) is 0 Å². The lowest BCUT2D eigenvalue weighted by Gasteiger charge is -1.96. The molecule has 0 unspecified atom stereocenters. The van der Waals surface area contributed by atoms with E-state index >= 15 is 0 Å². The van der Waals surface area contributed by atoms with Crippen LogP contribution in [0.3, 0.4) is 0 Å². The molecule has 0 saturated heterocycles. The second-order valence-electron chi connectivity index (χ2n) is 2.83. The zero-order valence-electron chi connectivity index (χ0n) is 4.73. The normalized spacial score (nSPS) is 44.9. The van der Waals surface area contributed by atoms with Crippen LogP contribution < -0.4 is 0 Å². The first-order chi connectivity index (χ1) is 4.12. The Balaban J connectivity index is 2.14. The van der Waals surface area contributed by atoms with E-state index in [0.29, 0.717) is 0 Å². The summed E-state index contributed by atoms with van der Waals surface area (Å²) in [6.45, 7) is 0. The van der Waals surface area contributed by atoms with Crippen molar-refractivity contribution in [3.05, 3.63) is 0 Å². The smallest absolute Gasteiger partial charge is 0.255 e. The second-order valence-corrected chi connectivity index (χ2v) is 2.83. The topological polar surface area (TPSA) is 17.1 Å². The van der Waals surface area contributed by atoms with Crippen LogP contribution in [0, 0.1) is 11.8 Å². The number of Topliss-reactive ketones (excluding diaryl/α,β-unsaturated/α-hetero) is 1. The quantitative estimate of drug-likeness (QED) is 0.484. The molecule has 0 aromatic carbocycles. The van der Waals surface area contributed by atoms with Crippen molar-refractivity contribution in [3.63, 3.8) is 0 Å². The van der Waals surface area contributed by atoms with Gasteiger partial charge in [0.25, 0.3) is 5.92 Å². The Hall–Kier alpha value is -0.470. The second kappa shape index (κ2) is 1.18. The first-order valence-electron chi connectivity index (χ1n) is 3.02. The molecule has 9 heavy (non-hydrogen) atoms. The van der Waals surface area contributed by atoms with E-state index < -0.39 is 17.8 Å². The molecule has 0 aromatic rings. The van der Waals surface area contributed by atoms with Gasteiger partial charge in [0.15, 0.2) is 0 Å². The molecule has 0 bridgehead atoms. The molecule has 2 aliphatic carbocycles. The van der Waals surface area contributed by atoms with E-state index in [0.717, 1.165) is 0 Å². The summed E-state index contributed by atoms with van der Waals surface area (Å²) >= 11 is 0. The number of ketones is 1. The lowest BCUT2D eigenvalue weighted by Crippen LogP contribution is -2.05. The van der Waals surface area contributed by atoms with Gasteiger partial charge in [0.2, 0.25) is 0 Å². The largest absolute Gasteiger partial charge is 0.300 e. The van der Waals surface area contributed by atoms with Gasteiger partial charge in [-0.1, -0.05) is 0 Å². The van der Waals surface area contributed by atoms with Crippen molar-refractivity contribution in [2.24, 2.45) is 11.8 Å². The minimum Gasteiger partial charge on any atom is -0.300 e. The lowest BCUT2D eigenvalue weighted by atomic mass is 10.2. The lowest BCUT2D eigenvalue weighted by molar-refractivity contribution is -0.120. The molecule has 0 N–H and O–H groups in total. The molecule has 50 valence electrons. The van der Waals surface area contributed by atoms with Crippen molar-refractivity contribution in [1.82, 2.24) is 0 Å². The predicted molar refractivity (Wildman–Crippen MR) is 26.2 cm³/mol. The molecule has 0 radical (unpaired) electrons. The number of carbonyl (C=O) groups is 1. The fraction of sp³-hybridized carbons (Fsp3) is 0.833. The number of hydrogen-bond acceptors (Lipinski definition) is 1. The molecule has 2 atom stereocenters. The van der Waals surface area contributed by atoms with Crippen LogP contribution >= 0.6 is 0 Å². The Kier molecular flexibility index (Phi) is 0.695.